The maximum absolute atomic E-state index is 13.8. The fourth-order valence-corrected chi connectivity index (χ4v) is 4.59. The third-order valence-electron chi connectivity index (χ3n) is 6.08. The summed E-state index contributed by atoms with van der Waals surface area (Å²) >= 11 is 6.41. The van der Waals surface area contributed by atoms with Crippen molar-refractivity contribution in [3.05, 3.63) is 83.2 Å². The van der Waals surface area contributed by atoms with Crippen LogP contribution in [0, 0.1) is 0 Å². The molecule has 170 valence electrons. The van der Waals surface area contributed by atoms with E-state index in [2.05, 4.69) is 17.1 Å². The van der Waals surface area contributed by atoms with Gasteiger partial charge in [-0.25, -0.2) is 4.98 Å². The van der Waals surface area contributed by atoms with Gasteiger partial charge in [-0.3, -0.25) is 9.20 Å². The number of imidazole rings is 1. The van der Waals surface area contributed by atoms with Crippen molar-refractivity contribution in [3.8, 4) is 11.1 Å². The summed E-state index contributed by atoms with van der Waals surface area (Å²) in [5.41, 5.74) is 0.391. The molecule has 0 spiro atoms. The van der Waals surface area contributed by atoms with Gasteiger partial charge in [-0.05, 0) is 36.5 Å². The first-order valence-electron chi connectivity index (χ1n) is 10.5. The fourth-order valence-electron chi connectivity index (χ4n) is 4.34. The van der Waals surface area contributed by atoms with Crippen LogP contribution in [0.25, 0.3) is 16.8 Å². The monoisotopic (exact) mass is 473 g/mol. The van der Waals surface area contributed by atoms with Crippen molar-refractivity contribution in [1.82, 2.24) is 14.3 Å². The molecule has 4 aromatic rings. The van der Waals surface area contributed by atoms with Gasteiger partial charge in [-0.15, -0.1) is 0 Å². The van der Waals surface area contributed by atoms with E-state index in [-0.39, 0.29) is 16.4 Å². The minimum atomic E-state index is -4.68. The van der Waals surface area contributed by atoms with Gasteiger partial charge >= 0.3 is 6.18 Å². The van der Waals surface area contributed by atoms with Gasteiger partial charge in [-0.1, -0.05) is 41.9 Å². The highest BCUT2D eigenvalue weighted by atomic mass is 35.5. The summed E-state index contributed by atoms with van der Waals surface area (Å²) in [4.78, 5) is 18.8. The Morgan fingerprint density at radius 3 is 2.45 bits per heavy atom. The predicted octanol–water partition coefficient (Wildman–Crippen LogP) is 6.29. The number of furan rings is 1. The van der Waals surface area contributed by atoms with Crippen LogP contribution in [0.15, 0.2) is 65.6 Å². The van der Waals surface area contributed by atoms with Gasteiger partial charge in [0.05, 0.1) is 18.1 Å². The molecule has 1 amide bonds. The van der Waals surface area contributed by atoms with Gasteiger partial charge in [0.25, 0.3) is 5.91 Å². The Labute approximate surface area is 192 Å². The smallest absolute Gasteiger partial charge is 0.420 e. The summed E-state index contributed by atoms with van der Waals surface area (Å²) in [5.74, 6) is -0.130. The molecule has 0 saturated carbocycles. The van der Waals surface area contributed by atoms with Crippen LogP contribution in [0.1, 0.15) is 40.4 Å². The summed E-state index contributed by atoms with van der Waals surface area (Å²) in [5, 5.41) is -0.143. The molecule has 0 atom stereocenters. The van der Waals surface area contributed by atoms with Crippen LogP contribution in [0.2, 0.25) is 5.15 Å². The second-order valence-electron chi connectivity index (χ2n) is 8.07. The molecule has 0 radical (unpaired) electrons. The fraction of sp³-hybridized carbons (Fsp3) is 0.250. The number of benzene rings is 1. The Hall–Kier alpha value is -3.26. The maximum atomic E-state index is 13.8. The van der Waals surface area contributed by atoms with Crippen LogP contribution in [-0.4, -0.2) is 33.3 Å². The number of alkyl halides is 3. The lowest BCUT2D eigenvalue weighted by molar-refractivity contribution is -0.136. The molecule has 1 aromatic carbocycles. The number of amides is 1. The SMILES string of the molecule is O=C(c1nc2c(C(F)(F)F)cc(-c3ccoc3)cn2c1Cl)N1CCC(c2ccccc2)CC1. The number of hydrogen-bond acceptors (Lipinski definition) is 3. The molecular weight excluding hydrogens is 455 g/mol. The van der Waals surface area contributed by atoms with Crippen LogP contribution in [0.4, 0.5) is 13.2 Å². The lowest BCUT2D eigenvalue weighted by Gasteiger charge is -2.31. The standard InChI is InChI=1S/C24H19ClF3N3O2/c25-21-20(23(32)30-9-6-16(7-10-30)15-4-2-1-3-5-15)29-22-19(24(26,27)28)12-18(13-31(21)22)17-8-11-33-14-17/h1-5,8,11-14,16H,6-7,9-10H2. The lowest BCUT2D eigenvalue weighted by atomic mass is 9.89. The molecule has 0 aliphatic carbocycles. The number of aromatic nitrogens is 2. The van der Waals surface area contributed by atoms with E-state index < -0.39 is 23.3 Å². The molecule has 1 aliphatic heterocycles. The topological polar surface area (TPSA) is 50.8 Å². The Morgan fingerprint density at radius 1 is 1.09 bits per heavy atom. The molecule has 9 heteroatoms. The van der Waals surface area contributed by atoms with Crippen LogP contribution >= 0.6 is 11.6 Å². The number of nitrogens with zero attached hydrogens (tertiary/aromatic N) is 3. The van der Waals surface area contributed by atoms with Crippen LogP contribution in [0.5, 0.6) is 0 Å². The van der Waals surface area contributed by atoms with E-state index in [1.54, 1.807) is 11.0 Å². The normalized spacial score (nSPS) is 15.3. The van der Waals surface area contributed by atoms with E-state index in [1.165, 1.54) is 24.3 Å². The predicted molar refractivity (Wildman–Crippen MR) is 117 cm³/mol. The van der Waals surface area contributed by atoms with Crippen LogP contribution < -0.4 is 0 Å². The minimum absolute atomic E-state index is 0.143. The number of carbonyl (C=O) groups excluding carboxylic acids is 1. The zero-order valence-corrected chi connectivity index (χ0v) is 18.1. The van der Waals surface area contributed by atoms with Crippen LogP contribution in [0.3, 0.4) is 0 Å². The molecule has 4 heterocycles. The molecule has 0 bridgehead atoms. The van der Waals surface area contributed by atoms with E-state index in [0.717, 1.165) is 23.3 Å². The molecule has 33 heavy (non-hydrogen) atoms. The zero-order valence-electron chi connectivity index (χ0n) is 17.3. The van der Waals surface area contributed by atoms with Gasteiger partial charge in [0.1, 0.15) is 5.15 Å². The molecule has 0 N–H and O–H groups in total. The summed E-state index contributed by atoms with van der Waals surface area (Å²) < 4.78 is 47.6. The number of fused-ring (bicyclic) bond motifs is 1. The van der Waals surface area contributed by atoms with E-state index in [4.69, 9.17) is 16.0 Å². The van der Waals surface area contributed by atoms with Crippen molar-refractivity contribution in [2.45, 2.75) is 24.9 Å². The molecule has 5 nitrogen and oxygen atoms in total. The van der Waals surface area contributed by atoms with Crippen molar-refractivity contribution < 1.29 is 22.4 Å². The number of hydrogen-bond donors (Lipinski definition) is 0. The average Bonchev–Trinajstić information content (AvgIpc) is 3.47. The van der Waals surface area contributed by atoms with E-state index in [0.29, 0.717) is 24.6 Å². The number of likely N-dealkylation sites (tertiary alicyclic amines) is 1. The molecule has 3 aromatic heterocycles. The Bertz CT molecular complexity index is 1290. The third kappa shape index (κ3) is 3.99. The first-order valence-corrected chi connectivity index (χ1v) is 10.9. The third-order valence-corrected chi connectivity index (χ3v) is 6.44. The Balaban J connectivity index is 1.47. The summed E-state index contributed by atoms with van der Waals surface area (Å²) in [6, 6.07) is 12.6. The van der Waals surface area contributed by atoms with Gasteiger partial charge in [0.15, 0.2) is 11.3 Å². The summed E-state index contributed by atoms with van der Waals surface area (Å²) in [6.45, 7) is 0.962. The first kappa shape index (κ1) is 21.6. The van der Waals surface area contributed by atoms with Crippen molar-refractivity contribution in [1.29, 1.82) is 0 Å². The highest BCUT2D eigenvalue weighted by Crippen LogP contribution is 2.37. The average molecular weight is 474 g/mol. The number of rotatable bonds is 3. The second kappa shape index (κ2) is 8.26. The van der Waals surface area contributed by atoms with E-state index >= 15 is 0 Å². The van der Waals surface area contributed by atoms with Gasteiger partial charge in [0.2, 0.25) is 0 Å². The van der Waals surface area contributed by atoms with E-state index in [9.17, 15) is 18.0 Å². The Morgan fingerprint density at radius 2 is 1.82 bits per heavy atom. The van der Waals surface area contributed by atoms with Crippen molar-refractivity contribution in [2.24, 2.45) is 0 Å². The minimum Gasteiger partial charge on any atom is -0.472 e. The zero-order chi connectivity index (χ0) is 23.2. The highest BCUT2D eigenvalue weighted by molar-refractivity contribution is 6.33. The van der Waals surface area contributed by atoms with Gasteiger partial charge in [-0.2, -0.15) is 13.2 Å². The van der Waals surface area contributed by atoms with Crippen molar-refractivity contribution in [3.63, 3.8) is 0 Å². The number of halogens is 4. The quantitative estimate of drug-likeness (QED) is 0.351. The second-order valence-corrected chi connectivity index (χ2v) is 8.43. The van der Waals surface area contributed by atoms with Crippen molar-refractivity contribution in [2.75, 3.05) is 13.1 Å². The van der Waals surface area contributed by atoms with E-state index in [1.807, 2.05) is 18.2 Å². The van der Waals surface area contributed by atoms with Crippen LogP contribution in [-0.2, 0) is 6.18 Å². The highest BCUT2D eigenvalue weighted by Gasteiger charge is 2.37. The summed E-state index contributed by atoms with van der Waals surface area (Å²) in [6.07, 6.45) is 0.997. The molecule has 1 aliphatic rings. The largest absolute Gasteiger partial charge is 0.472 e. The van der Waals surface area contributed by atoms with Gasteiger partial charge < -0.3 is 9.32 Å². The Kier molecular flexibility index (Phi) is 5.40. The number of piperidine rings is 1. The lowest BCUT2D eigenvalue weighted by Crippen LogP contribution is -2.38. The molecule has 1 fully saturated rings. The molecule has 0 unspecified atom stereocenters. The first-order chi connectivity index (χ1) is 15.8. The number of carbonyl (C=O) groups is 1. The maximum Gasteiger partial charge on any atom is 0.420 e. The summed E-state index contributed by atoms with van der Waals surface area (Å²) in [7, 11) is 0. The molecule has 1 saturated heterocycles. The molecular formula is C24H19ClF3N3O2. The van der Waals surface area contributed by atoms with Crippen molar-refractivity contribution >= 4 is 23.2 Å². The number of pyridine rings is 1. The van der Waals surface area contributed by atoms with Gasteiger partial charge in [0, 0.05) is 30.4 Å². The molecule has 5 rings (SSSR count).